The first-order valence-electron chi connectivity index (χ1n) is 8.31. The van der Waals surface area contributed by atoms with Gasteiger partial charge in [-0.05, 0) is 58.7 Å². The summed E-state index contributed by atoms with van der Waals surface area (Å²) >= 11 is 2.32. The summed E-state index contributed by atoms with van der Waals surface area (Å²) in [6.45, 7) is 0. The van der Waals surface area contributed by atoms with Gasteiger partial charge in [0.2, 0.25) is 0 Å². The molecule has 130 valence electrons. The van der Waals surface area contributed by atoms with Gasteiger partial charge in [0, 0.05) is 16.4 Å². The van der Waals surface area contributed by atoms with E-state index in [9.17, 15) is 9.59 Å². The lowest BCUT2D eigenvalue weighted by molar-refractivity contribution is -0.241. The molecule has 2 fully saturated rings. The van der Waals surface area contributed by atoms with Crippen LogP contribution in [0.4, 0.5) is 0 Å². The first-order chi connectivity index (χ1) is 12.1. The zero-order valence-corrected chi connectivity index (χ0v) is 15.9. The Bertz CT molecular complexity index is 716. The molecule has 1 spiro atoms. The van der Waals surface area contributed by atoms with Gasteiger partial charge in [-0.2, -0.15) is 0 Å². The highest BCUT2D eigenvalue weighted by Crippen LogP contribution is 2.37. The molecule has 4 nitrogen and oxygen atoms in total. The van der Waals surface area contributed by atoms with Crippen LogP contribution < -0.4 is 0 Å². The van der Waals surface area contributed by atoms with E-state index < -0.39 is 17.7 Å². The van der Waals surface area contributed by atoms with Crippen molar-refractivity contribution >= 4 is 34.5 Å². The Morgan fingerprint density at radius 1 is 0.760 bits per heavy atom. The van der Waals surface area contributed by atoms with Crippen LogP contribution in [0.25, 0.3) is 11.1 Å². The van der Waals surface area contributed by atoms with Crippen molar-refractivity contribution in [3.05, 3.63) is 58.2 Å². The van der Waals surface area contributed by atoms with Crippen LogP contribution in [0.2, 0.25) is 0 Å². The highest BCUT2D eigenvalue weighted by Gasteiger charge is 2.45. The van der Waals surface area contributed by atoms with Crippen LogP contribution in [0.3, 0.4) is 0 Å². The fraction of sp³-hybridized carbons (Fsp3) is 0.300. The van der Waals surface area contributed by atoms with Crippen molar-refractivity contribution in [2.24, 2.45) is 0 Å². The Balaban J connectivity index is 0.000000146. The van der Waals surface area contributed by atoms with E-state index in [1.807, 2.05) is 6.07 Å². The third-order valence-electron chi connectivity index (χ3n) is 4.21. The van der Waals surface area contributed by atoms with E-state index >= 15 is 0 Å². The molecule has 0 atom stereocenters. The molecule has 0 N–H and O–H groups in total. The molecule has 0 radical (unpaired) electrons. The molecule has 0 aromatic heterocycles. The van der Waals surface area contributed by atoms with Crippen molar-refractivity contribution in [3.8, 4) is 11.1 Å². The average Bonchev–Trinajstić information content (AvgIpc) is 3.03. The fourth-order valence-corrected chi connectivity index (χ4v) is 3.38. The van der Waals surface area contributed by atoms with Gasteiger partial charge in [-0.1, -0.05) is 42.5 Å². The number of ether oxygens (including phenoxy) is 2. The number of esters is 2. The van der Waals surface area contributed by atoms with Crippen LogP contribution in [0.5, 0.6) is 0 Å². The van der Waals surface area contributed by atoms with Gasteiger partial charge in [0.15, 0.2) is 0 Å². The Hall–Kier alpha value is -1.89. The van der Waals surface area contributed by atoms with Crippen LogP contribution >= 0.6 is 22.6 Å². The SMILES string of the molecule is Ic1ccc(-c2ccccc2)cc1.O=C1CC(=O)OC2(CCCC2)O1. The number of carbonyl (C=O) groups excluding carboxylic acids is 2. The van der Waals surface area contributed by atoms with E-state index in [0.717, 1.165) is 12.8 Å². The lowest BCUT2D eigenvalue weighted by atomic mass is 10.1. The van der Waals surface area contributed by atoms with Crippen molar-refractivity contribution in [1.29, 1.82) is 0 Å². The second kappa shape index (κ2) is 7.99. The minimum atomic E-state index is -0.883. The summed E-state index contributed by atoms with van der Waals surface area (Å²) in [6, 6.07) is 19.0. The zero-order chi connectivity index (χ0) is 17.7. The average molecular weight is 450 g/mol. The van der Waals surface area contributed by atoms with Crippen LogP contribution in [-0.2, 0) is 19.1 Å². The maximum absolute atomic E-state index is 10.9. The minimum Gasteiger partial charge on any atom is -0.422 e. The van der Waals surface area contributed by atoms with Crippen molar-refractivity contribution in [1.82, 2.24) is 0 Å². The second-order valence-electron chi connectivity index (χ2n) is 6.12. The molecule has 2 aliphatic rings. The van der Waals surface area contributed by atoms with E-state index in [1.54, 1.807) is 0 Å². The van der Waals surface area contributed by atoms with E-state index in [-0.39, 0.29) is 6.42 Å². The highest BCUT2D eigenvalue weighted by molar-refractivity contribution is 14.1. The molecule has 25 heavy (non-hydrogen) atoms. The van der Waals surface area contributed by atoms with Gasteiger partial charge in [-0.15, -0.1) is 0 Å². The molecule has 1 aliphatic carbocycles. The Morgan fingerprint density at radius 3 is 1.84 bits per heavy atom. The first-order valence-corrected chi connectivity index (χ1v) is 9.39. The number of rotatable bonds is 1. The van der Waals surface area contributed by atoms with Gasteiger partial charge in [-0.25, -0.2) is 0 Å². The normalized spacial score (nSPS) is 18.1. The molecular weight excluding hydrogens is 431 g/mol. The molecule has 1 heterocycles. The molecule has 2 aromatic carbocycles. The second-order valence-corrected chi connectivity index (χ2v) is 7.36. The summed E-state index contributed by atoms with van der Waals surface area (Å²) < 4.78 is 11.3. The van der Waals surface area contributed by atoms with Crippen molar-refractivity contribution in [2.45, 2.75) is 37.9 Å². The fourth-order valence-electron chi connectivity index (χ4n) is 3.02. The van der Waals surface area contributed by atoms with Gasteiger partial charge in [0.25, 0.3) is 5.79 Å². The third kappa shape index (κ3) is 4.81. The molecule has 1 saturated heterocycles. The van der Waals surface area contributed by atoms with Crippen molar-refractivity contribution in [2.75, 3.05) is 0 Å². The summed E-state index contributed by atoms with van der Waals surface area (Å²) in [5, 5.41) is 0. The van der Waals surface area contributed by atoms with Crippen molar-refractivity contribution in [3.63, 3.8) is 0 Å². The number of benzene rings is 2. The summed E-state index contributed by atoms with van der Waals surface area (Å²) in [7, 11) is 0. The van der Waals surface area contributed by atoms with Gasteiger partial charge < -0.3 is 9.47 Å². The number of halogens is 1. The predicted octanol–water partition coefficient (Wildman–Crippen LogP) is 4.71. The van der Waals surface area contributed by atoms with Gasteiger partial charge >= 0.3 is 11.9 Å². The van der Waals surface area contributed by atoms with E-state index in [4.69, 9.17) is 9.47 Å². The van der Waals surface area contributed by atoms with Gasteiger partial charge in [0.05, 0.1) is 0 Å². The third-order valence-corrected chi connectivity index (χ3v) is 4.92. The zero-order valence-electron chi connectivity index (χ0n) is 13.7. The Labute approximate surface area is 160 Å². The molecule has 0 bridgehead atoms. The lowest BCUT2D eigenvalue weighted by Gasteiger charge is -2.31. The highest BCUT2D eigenvalue weighted by atomic mass is 127. The molecule has 0 unspecified atom stereocenters. The topological polar surface area (TPSA) is 52.6 Å². The van der Waals surface area contributed by atoms with E-state index in [1.165, 1.54) is 14.7 Å². The molecule has 2 aromatic rings. The summed E-state index contributed by atoms with van der Waals surface area (Å²) in [6.07, 6.45) is 3.00. The lowest BCUT2D eigenvalue weighted by Crippen LogP contribution is -2.42. The maximum Gasteiger partial charge on any atom is 0.320 e. The smallest absolute Gasteiger partial charge is 0.320 e. The van der Waals surface area contributed by atoms with Crippen molar-refractivity contribution < 1.29 is 19.1 Å². The van der Waals surface area contributed by atoms with E-state index in [0.29, 0.717) is 12.8 Å². The minimum absolute atomic E-state index is 0.234. The molecule has 5 heteroatoms. The molecule has 1 saturated carbocycles. The summed E-state index contributed by atoms with van der Waals surface area (Å²) in [5.41, 5.74) is 2.56. The number of hydrogen-bond acceptors (Lipinski definition) is 4. The molecule has 1 aliphatic heterocycles. The van der Waals surface area contributed by atoms with Crippen LogP contribution in [0.15, 0.2) is 54.6 Å². The van der Waals surface area contributed by atoms with Gasteiger partial charge in [-0.3, -0.25) is 9.59 Å². The monoisotopic (exact) mass is 450 g/mol. The summed E-state index contributed by atoms with van der Waals surface area (Å²) in [5.74, 6) is -1.78. The largest absolute Gasteiger partial charge is 0.422 e. The number of hydrogen-bond donors (Lipinski definition) is 0. The molecule has 4 rings (SSSR count). The first kappa shape index (κ1) is 17.9. The molecular formula is C20H19IO4. The predicted molar refractivity (Wildman–Crippen MR) is 103 cm³/mol. The van der Waals surface area contributed by atoms with Crippen LogP contribution in [0, 0.1) is 3.57 Å². The standard InChI is InChI=1S/C12H9I.C8H10O4/c13-12-8-6-11(7-9-12)10-4-2-1-3-5-10;9-6-5-7(10)12-8(11-6)3-1-2-4-8/h1-9H;1-5H2. The van der Waals surface area contributed by atoms with Gasteiger partial charge in [0.1, 0.15) is 6.42 Å². The van der Waals surface area contributed by atoms with Crippen LogP contribution in [-0.4, -0.2) is 17.7 Å². The Morgan fingerprint density at radius 2 is 1.28 bits per heavy atom. The van der Waals surface area contributed by atoms with E-state index in [2.05, 4.69) is 71.1 Å². The molecule has 0 amide bonds. The van der Waals surface area contributed by atoms with Crippen LogP contribution in [0.1, 0.15) is 32.1 Å². The maximum atomic E-state index is 10.9. The Kier molecular flexibility index (Phi) is 5.73. The summed E-state index contributed by atoms with van der Waals surface area (Å²) in [4.78, 5) is 21.8. The quantitative estimate of drug-likeness (QED) is 0.359. The number of carbonyl (C=O) groups is 2.